The summed E-state index contributed by atoms with van der Waals surface area (Å²) in [4.78, 5) is 4.75. The third-order valence-electron chi connectivity index (χ3n) is 5.19. The van der Waals surface area contributed by atoms with Crippen molar-refractivity contribution in [1.29, 1.82) is 0 Å². The van der Waals surface area contributed by atoms with Crippen molar-refractivity contribution in [3.63, 3.8) is 0 Å². The maximum atomic E-state index is 13.1. The number of rotatable bonds is 2. The Balaban J connectivity index is 1.78. The number of fused-ring (bicyclic) bond motifs is 3. The maximum absolute atomic E-state index is 13.1. The predicted molar refractivity (Wildman–Crippen MR) is 88.5 cm³/mol. The van der Waals surface area contributed by atoms with Crippen molar-refractivity contribution in [3.05, 3.63) is 18.2 Å². The minimum absolute atomic E-state index is 0.0191. The van der Waals surface area contributed by atoms with Gasteiger partial charge in [0.1, 0.15) is 16.7 Å². The van der Waals surface area contributed by atoms with Crippen LogP contribution in [0.3, 0.4) is 0 Å². The highest BCUT2D eigenvalue weighted by atomic mass is 32.2. The van der Waals surface area contributed by atoms with E-state index in [0.717, 1.165) is 31.6 Å². The summed E-state index contributed by atoms with van der Waals surface area (Å²) < 4.78 is 33.7. The lowest BCUT2D eigenvalue weighted by atomic mass is 10.2. The molecule has 1 aromatic carbocycles. The van der Waals surface area contributed by atoms with Crippen LogP contribution < -0.4 is 9.64 Å². The van der Waals surface area contributed by atoms with Crippen LogP contribution in [0.2, 0.25) is 0 Å². The van der Waals surface area contributed by atoms with E-state index in [1.54, 1.807) is 10.4 Å². The van der Waals surface area contributed by atoms with Crippen molar-refractivity contribution in [3.8, 4) is 5.75 Å². The van der Waals surface area contributed by atoms with E-state index >= 15 is 0 Å². The summed E-state index contributed by atoms with van der Waals surface area (Å²) in [5, 5.41) is 0. The van der Waals surface area contributed by atoms with Gasteiger partial charge in [-0.05, 0) is 39.1 Å². The summed E-state index contributed by atoms with van der Waals surface area (Å²) in [6, 6.07) is 6.06. The lowest BCUT2D eigenvalue weighted by Crippen LogP contribution is -2.33. The Morgan fingerprint density at radius 2 is 2.00 bits per heavy atom. The van der Waals surface area contributed by atoms with Gasteiger partial charge in [0.25, 0.3) is 0 Å². The maximum Gasteiger partial charge on any atom is 0.248 e. The highest BCUT2D eigenvalue weighted by molar-refractivity contribution is 7.89. The fraction of sp³-hybridized carbons (Fsp3) is 0.625. The first kappa shape index (κ1) is 15.2. The molecule has 3 heterocycles. The van der Waals surface area contributed by atoms with Gasteiger partial charge < -0.3 is 14.5 Å². The smallest absolute Gasteiger partial charge is 0.248 e. The minimum Gasteiger partial charge on any atom is -0.487 e. The second-order valence-electron chi connectivity index (χ2n) is 6.85. The summed E-state index contributed by atoms with van der Waals surface area (Å²) in [6.07, 6.45) is 1.80. The zero-order valence-corrected chi connectivity index (χ0v) is 14.4. The van der Waals surface area contributed by atoms with Crippen molar-refractivity contribution in [2.75, 3.05) is 45.2 Å². The normalized spacial score (nSPS) is 31.8. The molecule has 7 heteroatoms. The van der Waals surface area contributed by atoms with E-state index in [0.29, 0.717) is 29.8 Å². The predicted octanol–water partition coefficient (Wildman–Crippen LogP) is 0.982. The highest BCUT2D eigenvalue weighted by Crippen LogP contribution is 2.41. The van der Waals surface area contributed by atoms with E-state index in [4.69, 9.17) is 4.74 Å². The van der Waals surface area contributed by atoms with Gasteiger partial charge in [-0.15, -0.1) is 0 Å². The number of hydrogen-bond acceptors (Lipinski definition) is 5. The zero-order valence-electron chi connectivity index (χ0n) is 13.6. The van der Waals surface area contributed by atoms with E-state index in [1.807, 2.05) is 12.1 Å². The van der Waals surface area contributed by atoms with Crippen molar-refractivity contribution in [1.82, 2.24) is 9.21 Å². The van der Waals surface area contributed by atoms with Gasteiger partial charge in [-0.2, -0.15) is 4.31 Å². The lowest BCUT2D eigenvalue weighted by Gasteiger charge is -2.26. The molecule has 0 aromatic heterocycles. The van der Waals surface area contributed by atoms with Crippen LogP contribution >= 0.6 is 0 Å². The van der Waals surface area contributed by atoms with Gasteiger partial charge in [0.05, 0.1) is 12.2 Å². The van der Waals surface area contributed by atoms with E-state index in [-0.39, 0.29) is 6.10 Å². The van der Waals surface area contributed by atoms with E-state index in [2.05, 4.69) is 23.9 Å². The average molecular weight is 337 g/mol. The molecular weight excluding hydrogens is 314 g/mol. The van der Waals surface area contributed by atoms with Gasteiger partial charge in [0.2, 0.25) is 10.0 Å². The van der Waals surface area contributed by atoms with Crippen LogP contribution in [0.4, 0.5) is 5.69 Å². The largest absolute Gasteiger partial charge is 0.487 e. The molecule has 6 nitrogen and oxygen atoms in total. The first-order chi connectivity index (χ1) is 11.0. The molecule has 0 saturated carbocycles. The number of likely N-dealkylation sites (N-methyl/N-ethyl adjacent to an activating group) is 1. The van der Waals surface area contributed by atoms with E-state index < -0.39 is 10.0 Å². The van der Waals surface area contributed by atoms with Crippen molar-refractivity contribution < 1.29 is 13.2 Å². The summed E-state index contributed by atoms with van der Waals surface area (Å²) in [6.45, 7) is 2.75. The summed E-state index contributed by atoms with van der Waals surface area (Å²) in [7, 11) is 0.667. The molecule has 2 saturated heterocycles. The van der Waals surface area contributed by atoms with E-state index in [9.17, 15) is 8.42 Å². The molecular formula is C16H23N3O3S. The molecule has 2 fully saturated rings. The number of benzene rings is 1. The molecule has 0 radical (unpaired) electrons. The van der Waals surface area contributed by atoms with Gasteiger partial charge in [0.15, 0.2) is 0 Å². The Morgan fingerprint density at radius 3 is 2.74 bits per heavy atom. The minimum atomic E-state index is -3.48. The van der Waals surface area contributed by atoms with Crippen LogP contribution in [0.25, 0.3) is 0 Å². The van der Waals surface area contributed by atoms with Crippen molar-refractivity contribution in [2.45, 2.75) is 29.9 Å². The molecule has 4 rings (SSSR count). The van der Waals surface area contributed by atoms with Gasteiger partial charge >= 0.3 is 0 Å². The first-order valence-electron chi connectivity index (χ1n) is 8.18. The number of ether oxygens (including phenoxy) is 1. The van der Waals surface area contributed by atoms with Gasteiger partial charge in [0, 0.05) is 25.7 Å². The fourth-order valence-electron chi connectivity index (χ4n) is 3.81. The monoisotopic (exact) mass is 337 g/mol. The molecule has 0 N–H and O–H groups in total. The number of anilines is 1. The molecule has 0 aliphatic carbocycles. The molecule has 1 aromatic rings. The van der Waals surface area contributed by atoms with Crippen LogP contribution in [-0.2, 0) is 10.0 Å². The standard InChI is InChI=1S/C16H23N3O3S/c1-17(2)12-6-8-18(10-12)14-4-3-5-15-16(14)23(20,21)19-9-7-13(11-19)22-15/h3-5,12-13H,6-11H2,1-2H3/t12-,13-/m1/s1. The van der Waals surface area contributed by atoms with Crippen LogP contribution in [0.15, 0.2) is 23.1 Å². The van der Waals surface area contributed by atoms with Crippen LogP contribution in [0.5, 0.6) is 5.75 Å². The molecule has 0 spiro atoms. The third kappa shape index (κ3) is 2.42. The molecule has 23 heavy (non-hydrogen) atoms. The summed E-state index contributed by atoms with van der Waals surface area (Å²) in [5.74, 6) is 0.517. The molecule has 2 bridgehead atoms. The quantitative estimate of drug-likeness (QED) is 0.805. The van der Waals surface area contributed by atoms with Crippen LogP contribution in [0, 0.1) is 0 Å². The number of sulfonamides is 1. The Hall–Kier alpha value is -1.31. The Labute approximate surface area is 137 Å². The zero-order chi connectivity index (χ0) is 16.2. The van der Waals surface area contributed by atoms with Crippen LogP contribution in [-0.4, -0.2) is 70.0 Å². The number of hydrogen-bond donors (Lipinski definition) is 0. The van der Waals surface area contributed by atoms with Crippen LogP contribution in [0.1, 0.15) is 12.8 Å². The molecule has 0 amide bonds. The Kier molecular flexibility index (Phi) is 3.55. The second kappa shape index (κ2) is 5.36. The summed E-state index contributed by atoms with van der Waals surface area (Å²) >= 11 is 0. The molecule has 3 aliphatic heterocycles. The SMILES string of the molecule is CN(C)[C@@H]1CCN(c2cccc3c2S(=O)(=O)N2CC[C@H](C2)O3)C1. The third-order valence-corrected chi connectivity index (χ3v) is 7.13. The molecule has 3 aliphatic rings. The lowest BCUT2D eigenvalue weighted by molar-refractivity contribution is 0.215. The van der Waals surface area contributed by atoms with Crippen molar-refractivity contribution in [2.24, 2.45) is 0 Å². The van der Waals surface area contributed by atoms with E-state index in [1.165, 1.54) is 0 Å². The Morgan fingerprint density at radius 1 is 1.17 bits per heavy atom. The van der Waals surface area contributed by atoms with Crippen molar-refractivity contribution >= 4 is 15.7 Å². The molecule has 3 atom stereocenters. The van der Waals surface area contributed by atoms with Gasteiger partial charge in [-0.25, -0.2) is 8.42 Å². The first-order valence-corrected chi connectivity index (χ1v) is 9.62. The average Bonchev–Trinajstić information content (AvgIpc) is 3.13. The molecule has 126 valence electrons. The summed E-state index contributed by atoms with van der Waals surface area (Å²) in [5.41, 5.74) is 0.791. The highest BCUT2D eigenvalue weighted by Gasteiger charge is 2.42. The fourth-order valence-corrected chi connectivity index (χ4v) is 5.61. The van der Waals surface area contributed by atoms with Gasteiger partial charge in [-0.3, -0.25) is 0 Å². The Bertz CT molecular complexity index is 719. The second-order valence-corrected chi connectivity index (χ2v) is 8.72. The molecule has 1 unspecified atom stereocenters. The number of nitrogens with zero attached hydrogens (tertiary/aromatic N) is 3. The topological polar surface area (TPSA) is 53.1 Å². The van der Waals surface area contributed by atoms with Gasteiger partial charge in [-0.1, -0.05) is 6.07 Å².